The number of hydrogen-bond acceptors (Lipinski definition) is 2. The molecule has 3 rings (SSSR count). The molecule has 0 aliphatic carbocycles. The van der Waals surface area contributed by atoms with E-state index in [-0.39, 0.29) is 11.9 Å². The molecule has 0 bridgehead atoms. The zero-order chi connectivity index (χ0) is 20.6. The average Bonchev–Trinajstić information content (AvgIpc) is 2.74. The summed E-state index contributed by atoms with van der Waals surface area (Å²) in [5.74, 6) is 0.574. The maximum Gasteiger partial charge on any atom is 0.287 e. The van der Waals surface area contributed by atoms with E-state index in [9.17, 15) is 4.79 Å². The molecule has 3 aromatic carbocycles. The number of rotatable bonds is 8. The quantitative estimate of drug-likeness (QED) is 0.564. The van der Waals surface area contributed by atoms with Gasteiger partial charge in [-0.3, -0.25) is 4.79 Å². The highest BCUT2D eigenvalue weighted by atomic mass is 35.5. The normalized spacial score (nSPS) is 12.8. The molecule has 29 heavy (non-hydrogen) atoms. The fraction of sp³-hybridized carbons (Fsp3) is 0.208. The lowest BCUT2D eigenvalue weighted by molar-refractivity contribution is -0.718. The molecule has 0 saturated carbocycles. The third-order valence-corrected chi connectivity index (χ3v) is 5.01. The average molecular weight is 410 g/mol. The van der Waals surface area contributed by atoms with Gasteiger partial charge in [-0.05, 0) is 38.1 Å². The van der Waals surface area contributed by atoms with Gasteiger partial charge < -0.3 is 15.4 Å². The van der Waals surface area contributed by atoms with Crippen LogP contribution in [0.15, 0.2) is 78.9 Å². The molecule has 2 atom stereocenters. The van der Waals surface area contributed by atoms with E-state index in [1.807, 2.05) is 85.8 Å². The van der Waals surface area contributed by atoms with Crippen LogP contribution in [-0.4, -0.2) is 12.5 Å². The van der Waals surface area contributed by atoms with E-state index < -0.39 is 6.04 Å². The number of quaternary nitrogens is 1. The molecule has 0 radical (unpaired) electrons. The number of amides is 1. The van der Waals surface area contributed by atoms with Crippen molar-refractivity contribution in [3.63, 3.8) is 0 Å². The molecule has 0 unspecified atom stereocenters. The summed E-state index contributed by atoms with van der Waals surface area (Å²) in [7, 11) is 0. The Bertz CT molecular complexity index is 929. The van der Waals surface area contributed by atoms with Crippen LogP contribution in [0.3, 0.4) is 0 Å². The Labute approximate surface area is 176 Å². The molecule has 1 amide bonds. The van der Waals surface area contributed by atoms with Crippen LogP contribution in [0.4, 0.5) is 5.69 Å². The minimum Gasteiger partial charge on any atom is -0.492 e. The van der Waals surface area contributed by atoms with Crippen molar-refractivity contribution in [2.24, 2.45) is 0 Å². The minimum atomic E-state index is -0.406. The molecule has 150 valence electrons. The van der Waals surface area contributed by atoms with Gasteiger partial charge in [-0.1, -0.05) is 66.2 Å². The molecule has 0 spiro atoms. The predicted octanol–water partition coefficient (Wildman–Crippen LogP) is 4.74. The van der Waals surface area contributed by atoms with E-state index in [0.717, 1.165) is 11.1 Å². The second-order valence-corrected chi connectivity index (χ2v) is 7.28. The fourth-order valence-corrected chi connectivity index (χ4v) is 3.36. The van der Waals surface area contributed by atoms with Crippen molar-refractivity contribution in [1.29, 1.82) is 0 Å². The van der Waals surface area contributed by atoms with Crippen LogP contribution in [0.25, 0.3) is 0 Å². The SMILES string of the molecule is CCOc1ccccc1NC(=O)[C@@H]([NH2+][C@@H](C)c1ccc(Cl)cc1)c1ccccc1. The molecule has 0 saturated heterocycles. The van der Waals surface area contributed by atoms with Gasteiger partial charge in [0, 0.05) is 16.1 Å². The zero-order valence-corrected chi connectivity index (χ0v) is 17.4. The summed E-state index contributed by atoms with van der Waals surface area (Å²) in [5.41, 5.74) is 2.73. The third kappa shape index (κ3) is 5.59. The van der Waals surface area contributed by atoms with Gasteiger partial charge in [-0.25, -0.2) is 0 Å². The van der Waals surface area contributed by atoms with Crippen LogP contribution >= 0.6 is 11.6 Å². The second kappa shape index (κ2) is 10.1. The van der Waals surface area contributed by atoms with Crippen molar-refractivity contribution < 1.29 is 14.8 Å². The first kappa shape index (κ1) is 20.9. The molecular formula is C24H26ClN2O2+. The summed E-state index contributed by atoms with van der Waals surface area (Å²) < 4.78 is 5.65. The lowest BCUT2D eigenvalue weighted by Gasteiger charge is -2.21. The van der Waals surface area contributed by atoms with Crippen molar-refractivity contribution >= 4 is 23.2 Å². The maximum atomic E-state index is 13.3. The van der Waals surface area contributed by atoms with Crippen LogP contribution in [0.2, 0.25) is 5.02 Å². The third-order valence-electron chi connectivity index (χ3n) is 4.76. The van der Waals surface area contributed by atoms with Gasteiger partial charge in [0.05, 0.1) is 12.3 Å². The highest BCUT2D eigenvalue weighted by Crippen LogP contribution is 2.25. The second-order valence-electron chi connectivity index (χ2n) is 6.84. The van der Waals surface area contributed by atoms with Crippen molar-refractivity contribution in [2.45, 2.75) is 25.9 Å². The van der Waals surface area contributed by atoms with Gasteiger partial charge in [0.2, 0.25) is 0 Å². The van der Waals surface area contributed by atoms with Crippen molar-refractivity contribution in [3.8, 4) is 5.75 Å². The Morgan fingerprint density at radius 3 is 2.31 bits per heavy atom. The van der Waals surface area contributed by atoms with Gasteiger partial charge in [0.15, 0.2) is 6.04 Å². The highest BCUT2D eigenvalue weighted by Gasteiger charge is 2.27. The summed E-state index contributed by atoms with van der Waals surface area (Å²) >= 11 is 6.01. The van der Waals surface area contributed by atoms with Gasteiger partial charge in [0.25, 0.3) is 5.91 Å². The van der Waals surface area contributed by atoms with Gasteiger partial charge in [0.1, 0.15) is 11.8 Å². The van der Waals surface area contributed by atoms with Crippen molar-refractivity contribution in [3.05, 3.63) is 95.0 Å². The van der Waals surface area contributed by atoms with Crippen LogP contribution < -0.4 is 15.4 Å². The molecule has 4 nitrogen and oxygen atoms in total. The summed E-state index contributed by atoms with van der Waals surface area (Å²) in [4.78, 5) is 13.3. The molecule has 0 heterocycles. The standard InChI is InChI=1S/C24H25ClN2O2/c1-3-29-22-12-8-7-11-21(22)27-24(28)23(19-9-5-4-6-10-19)26-17(2)18-13-15-20(25)16-14-18/h4-17,23,26H,3H2,1-2H3,(H,27,28)/p+1/t17-,23-/m0/s1. The maximum absolute atomic E-state index is 13.3. The molecule has 0 aliphatic rings. The largest absolute Gasteiger partial charge is 0.492 e. The number of carbonyl (C=O) groups is 1. The molecular weight excluding hydrogens is 384 g/mol. The van der Waals surface area contributed by atoms with Gasteiger partial charge >= 0.3 is 0 Å². The number of nitrogens with one attached hydrogen (secondary N) is 1. The van der Waals surface area contributed by atoms with E-state index in [4.69, 9.17) is 16.3 Å². The van der Waals surface area contributed by atoms with Crippen LogP contribution in [0, 0.1) is 0 Å². The number of nitrogens with two attached hydrogens (primary N) is 1. The number of carbonyl (C=O) groups excluding carboxylic acids is 1. The predicted molar refractivity (Wildman–Crippen MR) is 117 cm³/mol. The molecule has 0 aliphatic heterocycles. The van der Waals surface area contributed by atoms with Crippen LogP contribution in [0.1, 0.15) is 37.1 Å². The Balaban J connectivity index is 1.84. The molecule has 0 fully saturated rings. The first-order valence-electron chi connectivity index (χ1n) is 9.76. The fourth-order valence-electron chi connectivity index (χ4n) is 3.24. The Morgan fingerprint density at radius 1 is 0.966 bits per heavy atom. The smallest absolute Gasteiger partial charge is 0.287 e. The molecule has 3 N–H and O–H groups in total. The first-order valence-corrected chi connectivity index (χ1v) is 10.1. The lowest BCUT2D eigenvalue weighted by atomic mass is 10.0. The van der Waals surface area contributed by atoms with Gasteiger partial charge in [-0.15, -0.1) is 0 Å². The van der Waals surface area contributed by atoms with E-state index in [0.29, 0.717) is 23.1 Å². The molecule has 5 heteroatoms. The van der Waals surface area contributed by atoms with Crippen LogP contribution in [-0.2, 0) is 4.79 Å². The van der Waals surface area contributed by atoms with E-state index in [1.54, 1.807) is 0 Å². The summed E-state index contributed by atoms with van der Waals surface area (Å²) in [6.45, 7) is 4.54. The number of anilines is 1. The van der Waals surface area contributed by atoms with E-state index in [1.165, 1.54) is 0 Å². The van der Waals surface area contributed by atoms with Crippen molar-refractivity contribution in [1.82, 2.24) is 0 Å². The summed E-state index contributed by atoms with van der Waals surface area (Å²) in [5, 5.41) is 5.81. The van der Waals surface area contributed by atoms with Crippen LogP contribution in [0.5, 0.6) is 5.75 Å². The lowest BCUT2D eigenvalue weighted by Crippen LogP contribution is -2.87. The number of benzene rings is 3. The van der Waals surface area contributed by atoms with E-state index >= 15 is 0 Å². The number of hydrogen-bond donors (Lipinski definition) is 2. The number of halogens is 1. The van der Waals surface area contributed by atoms with Gasteiger partial charge in [-0.2, -0.15) is 0 Å². The number of para-hydroxylation sites is 2. The summed E-state index contributed by atoms with van der Waals surface area (Å²) in [6, 6.07) is 24.7. The monoisotopic (exact) mass is 409 g/mol. The zero-order valence-electron chi connectivity index (χ0n) is 16.6. The summed E-state index contributed by atoms with van der Waals surface area (Å²) in [6.07, 6.45) is 0. The highest BCUT2D eigenvalue weighted by molar-refractivity contribution is 6.30. The first-order chi connectivity index (χ1) is 14.1. The van der Waals surface area contributed by atoms with E-state index in [2.05, 4.69) is 17.6 Å². The Morgan fingerprint density at radius 2 is 1.62 bits per heavy atom. The minimum absolute atomic E-state index is 0.0744. The molecule has 0 aromatic heterocycles. The van der Waals surface area contributed by atoms with Crippen molar-refractivity contribution in [2.75, 3.05) is 11.9 Å². The Kier molecular flexibility index (Phi) is 7.28. The Hall–Kier alpha value is -2.82. The topological polar surface area (TPSA) is 54.9 Å². The number of ether oxygens (including phenoxy) is 1. The molecule has 3 aromatic rings.